The topological polar surface area (TPSA) is 37.3 Å². The third-order valence-corrected chi connectivity index (χ3v) is 10.2. The average Bonchev–Trinajstić information content (AvgIpc) is 3.00. The molecule has 0 aromatic carbocycles. The van der Waals surface area contributed by atoms with Crippen LogP contribution < -0.4 is 0 Å². The summed E-state index contributed by atoms with van der Waals surface area (Å²) in [7, 11) is 0. The van der Waals surface area contributed by atoms with Gasteiger partial charge in [-0.25, -0.2) is 0 Å². The Labute approximate surface area is 178 Å². The van der Waals surface area contributed by atoms with E-state index in [4.69, 9.17) is 0 Å². The van der Waals surface area contributed by atoms with Crippen LogP contribution in [0, 0.1) is 40.4 Å². The van der Waals surface area contributed by atoms with E-state index in [1.807, 2.05) is 6.08 Å². The van der Waals surface area contributed by atoms with Gasteiger partial charge in [0, 0.05) is 6.42 Å². The molecule has 0 radical (unpaired) electrons. The number of aliphatic hydroxyl groups is 1. The first-order valence-electron chi connectivity index (χ1n) is 12.5. The van der Waals surface area contributed by atoms with E-state index in [2.05, 4.69) is 34.6 Å². The summed E-state index contributed by atoms with van der Waals surface area (Å²) in [4.78, 5) is 12.0. The van der Waals surface area contributed by atoms with Gasteiger partial charge in [-0.05, 0) is 105 Å². The Morgan fingerprint density at radius 3 is 2.59 bits per heavy atom. The molecule has 2 nitrogen and oxygen atoms in total. The lowest BCUT2D eigenvalue weighted by Crippen LogP contribution is -2.53. The Morgan fingerprint density at radius 2 is 1.86 bits per heavy atom. The first kappa shape index (κ1) is 21.6. The largest absolute Gasteiger partial charge is 0.390 e. The fraction of sp³-hybridized carbons (Fsp3) is 0.889. The maximum atomic E-state index is 12.0. The molecule has 4 rings (SSSR count). The summed E-state index contributed by atoms with van der Waals surface area (Å²) in [6, 6.07) is 0. The molecule has 0 aromatic rings. The van der Waals surface area contributed by atoms with Gasteiger partial charge >= 0.3 is 0 Å². The van der Waals surface area contributed by atoms with Gasteiger partial charge in [0.2, 0.25) is 0 Å². The standard InChI is InChI=1S/C27H44O2/c1-18(2)7-6-14-27(5,29)24-11-10-22-21-9-8-19-17-20(28)12-15-25(19,3)23(21)13-16-26(22,24)4/h17-18,21-24,29H,6-16H2,1-5H3/t21?,22?,23?,24?,25-,26-,27-/m0/s1. The first-order valence-corrected chi connectivity index (χ1v) is 12.5. The number of hydrogen-bond acceptors (Lipinski definition) is 2. The van der Waals surface area contributed by atoms with E-state index >= 15 is 0 Å². The Bertz CT molecular complexity index is 674. The number of allylic oxidation sites excluding steroid dienone is 1. The fourth-order valence-corrected chi connectivity index (χ4v) is 8.62. The molecule has 7 atom stereocenters. The quantitative estimate of drug-likeness (QED) is 0.556. The third kappa shape index (κ3) is 3.56. The Kier molecular flexibility index (Phi) is 5.59. The van der Waals surface area contributed by atoms with Gasteiger partial charge in [-0.15, -0.1) is 0 Å². The van der Waals surface area contributed by atoms with Gasteiger partial charge in [0.25, 0.3) is 0 Å². The normalized spacial score (nSPS) is 44.0. The Morgan fingerprint density at radius 1 is 1.10 bits per heavy atom. The van der Waals surface area contributed by atoms with Crippen molar-refractivity contribution in [2.45, 2.75) is 111 Å². The van der Waals surface area contributed by atoms with E-state index in [-0.39, 0.29) is 5.41 Å². The summed E-state index contributed by atoms with van der Waals surface area (Å²) in [5.74, 6) is 3.83. The maximum absolute atomic E-state index is 12.0. The second-order valence-corrected chi connectivity index (χ2v) is 12.3. The van der Waals surface area contributed by atoms with E-state index in [0.717, 1.165) is 55.8 Å². The number of ketones is 1. The minimum atomic E-state index is -0.522. The van der Waals surface area contributed by atoms with Crippen LogP contribution in [0.25, 0.3) is 0 Å². The van der Waals surface area contributed by atoms with Crippen molar-refractivity contribution in [2.75, 3.05) is 0 Å². The SMILES string of the molecule is CC(C)CCC[C@](C)(O)C1CCC2C3CCC4=CC(=O)CC[C@]4(C)C3CC[C@@]21C. The number of carbonyl (C=O) groups is 1. The van der Waals surface area contributed by atoms with Crippen LogP contribution in [-0.4, -0.2) is 16.5 Å². The predicted octanol–water partition coefficient (Wildman–Crippen LogP) is 6.71. The number of hydrogen-bond donors (Lipinski definition) is 1. The van der Waals surface area contributed by atoms with Gasteiger partial charge in [0.1, 0.15) is 0 Å². The zero-order chi connectivity index (χ0) is 21.0. The number of carbonyl (C=O) groups excluding carboxylic acids is 1. The fourth-order valence-electron chi connectivity index (χ4n) is 8.62. The molecule has 4 aliphatic rings. The molecule has 4 unspecified atom stereocenters. The Hall–Kier alpha value is -0.630. The predicted molar refractivity (Wildman–Crippen MR) is 120 cm³/mol. The summed E-state index contributed by atoms with van der Waals surface area (Å²) in [6.07, 6.45) is 14.6. The van der Waals surface area contributed by atoms with E-state index < -0.39 is 5.60 Å². The van der Waals surface area contributed by atoms with E-state index in [0.29, 0.717) is 17.1 Å². The van der Waals surface area contributed by atoms with Crippen molar-refractivity contribution in [2.24, 2.45) is 40.4 Å². The molecule has 0 aromatic heterocycles. The van der Waals surface area contributed by atoms with Gasteiger partial charge in [-0.3, -0.25) is 4.79 Å². The molecule has 3 fully saturated rings. The van der Waals surface area contributed by atoms with Gasteiger partial charge < -0.3 is 5.11 Å². The molecular formula is C27H44O2. The molecule has 1 N–H and O–H groups in total. The lowest BCUT2D eigenvalue weighted by Gasteiger charge is -2.59. The maximum Gasteiger partial charge on any atom is 0.155 e. The molecule has 2 heteroatoms. The zero-order valence-corrected chi connectivity index (χ0v) is 19.6. The third-order valence-electron chi connectivity index (χ3n) is 10.2. The number of rotatable bonds is 5. The van der Waals surface area contributed by atoms with Crippen LogP contribution in [-0.2, 0) is 4.79 Å². The average molecular weight is 401 g/mol. The molecule has 3 saturated carbocycles. The summed E-state index contributed by atoms with van der Waals surface area (Å²) in [6.45, 7) is 11.7. The molecule has 0 heterocycles. The van der Waals surface area contributed by atoms with Crippen LogP contribution in [0.15, 0.2) is 11.6 Å². The molecule has 4 aliphatic carbocycles. The molecule has 0 saturated heterocycles. The van der Waals surface area contributed by atoms with Crippen LogP contribution in [0.4, 0.5) is 0 Å². The summed E-state index contributed by atoms with van der Waals surface area (Å²) < 4.78 is 0. The van der Waals surface area contributed by atoms with E-state index in [1.165, 1.54) is 44.1 Å². The van der Waals surface area contributed by atoms with Crippen LogP contribution in [0.3, 0.4) is 0 Å². The second kappa shape index (κ2) is 7.50. The van der Waals surface area contributed by atoms with Crippen molar-refractivity contribution in [1.82, 2.24) is 0 Å². The zero-order valence-electron chi connectivity index (χ0n) is 19.6. The molecule has 0 amide bonds. The van der Waals surface area contributed by atoms with Crippen LogP contribution in [0.1, 0.15) is 105 Å². The monoisotopic (exact) mass is 400 g/mol. The summed E-state index contributed by atoms with van der Waals surface area (Å²) >= 11 is 0. The number of fused-ring (bicyclic) bond motifs is 5. The van der Waals surface area contributed by atoms with Gasteiger partial charge in [0.05, 0.1) is 5.60 Å². The van der Waals surface area contributed by atoms with E-state index in [9.17, 15) is 9.90 Å². The summed E-state index contributed by atoms with van der Waals surface area (Å²) in [5, 5.41) is 11.5. The molecule has 0 bridgehead atoms. The van der Waals surface area contributed by atoms with Gasteiger partial charge in [0.15, 0.2) is 5.78 Å². The molecule has 0 aliphatic heterocycles. The minimum Gasteiger partial charge on any atom is -0.390 e. The van der Waals surface area contributed by atoms with Crippen LogP contribution in [0.2, 0.25) is 0 Å². The molecular weight excluding hydrogens is 356 g/mol. The van der Waals surface area contributed by atoms with Crippen LogP contribution >= 0.6 is 0 Å². The van der Waals surface area contributed by atoms with Crippen molar-refractivity contribution in [3.8, 4) is 0 Å². The lowest BCUT2D eigenvalue weighted by atomic mass is 9.46. The second-order valence-electron chi connectivity index (χ2n) is 12.3. The summed E-state index contributed by atoms with van der Waals surface area (Å²) in [5.41, 5.74) is 1.50. The van der Waals surface area contributed by atoms with E-state index in [1.54, 1.807) is 0 Å². The molecule has 0 spiro atoms. The van der Waals surface area contributed by atoms with Crippen LogP contribution in [0.5, 0.6) is 0 Å². The van der Waals surface area contributed by atoms with Crippen molar-refractivity contribution in [3.63, 3.8) is 0 Å². The van der Waals surface area contributed by atoms with Crippen molar-refractivity contribution in [3.05, 3.63) is 11.6 Å². The minimum absolute atomic E-state index is 0.260. The lowest BCUT2D eigenvalue weighted by molar-refractivity contribution is -0.120. The molecule has 29 heavy (non-hydrogen) atoms. The highest BCUT2D eigenvalue weighted by Crippen LogP contribution is 2.68. The molecule has 164 valence electrons. The van der Waals surface area contributed by atoms with Crippen molar-refractivity contribution >= 4 is 5.78 Å². The highest BCUT2D eigenvalue weighted by Gasteiger charge is 2.61. The van der Waals surface area contributed by atoms with Gasteiger partial charge in [-0.2, -0.15) is 0 Å². The highest BCUT2D eigenvalue weighted by atomic mass is 16.3. The first-order chi connectivity index (χ1) is 13.6. The van der Waals surface area contributed by atoms with Crippen molar-refractivity contribution < 1.29 is 9.90 Å². The van der Waals surface area contributed by atoms with Gasteiger partial charge in [-0.1, -0.05) is 46.1 Å². The Balaban J connectivity index is 1.53. The highest BCUT2D eigenvalue weighted by molar-refractivity contribution is 5.91. The van der Waals surface area contributed by atoms with Crippen molar-refractivity contribution in [1.29, 1.82) is 0 Å². The smallest absolute Gasteiger partial charge is 0.155 e.